The van der Waals surface area contributed by atoms with Gasteiger partial charge in [0.25, 0.3) is 0 Å². The van der Waals surface area contributed by atoms with Crippen molar-refractivity contribution in [2.75, 3.05) is 0 Å². The fraction of sp³-hybridized carbons (Fsp3) is 0.250. The van der Waals surface area contributed by atoms with Gasteiger partial charge in [0.1, 0.15) is 28.2 Å². The van der Waals surface area contributed by atoms with Crippen LogP contribution in [0.2, 0.25) is 0 Å². The average molecular weight is 1510 g/mol. The van der Waals surface area contributed by atoms with Crippen molar-refractivity contribution in [1.29, 1.82) is 0 Å². The summed E-state index contributed by atoms with van der Waals surface area (Å²) in [6.07, 6.45) is 10.8. The molecule has 0 fully saturated rings. The van der Waals surface area contributed by atoms with Crippen LogP contribution in [0.1, 0.15) is 150 Å². The zero-order valence-corrected chi connectivity index (χ0v) is 71.9. The molecule has 4 aliphatic rings. The molecule has 0 saturated heterocycles. The molecule has 4 aromatic heterocycles. The topological polar surface area (TPSA) is 15.5 Å². The Hall–Kier alpha value is -11.7. The van der Waals surface area contributed by atoms with Crippen LogP contribution in [0.25, 0.3) is 133 Å². The van der Waals surface area contributed by atoms with Gasteiger partial charge in [0.15, 0.2) is 24.8 Å². The third-order valence-electron chi connectivity index (χ3n) is 29.1. The summed E-state index contributed by atoms with van der Waals surface area (Å²) in [5.74, 6) is 0. The predicted molar refractivity (Wildman–Crippen MR) is 488 cm³/mol. The number of aromatic nitrogens is 4. The molecule has 0 aliphatic heterocycles. The van der Waals surface area contributed by atoms with Crippen molar-refractivity contribution in [2.45, 2.75) is 156 Å². The molecule has 116 heavy (non-hydrogen) atoms. The summed E-state index contributed by atoms with van der Waals surface area (Å²) in [5.41, 5.74) is 38.8. The average Bonchev–Trinajstić information content (AvgIpc) is 0.708. The van der Waals surface area contributed by atoms with Gasteiger partial charge in [-0.1, -0.05) is 253 Å². The molecule has 576 valence electrons. The van der Waals surface area contributed by atoms with Crippen molar-refractivity contribution in [3.8, 4) is 89.5 Å². The quantitative estimate of drug-likeness (QED) is 0.156. The maximum absolute atomic E-state index is 2.45. The predicted octanol–water partition coefficient (Wildman–Crippen LogP) is 26.0. The van der Waals surface area contributed by atoms with Crippen LogP contribution in [0.15, 0.2) is 292 Å². The van der Waals surface area contributed by atoms with Gasteiger partial charge in [-0.2, -0.15) is 0 Å². The molecule has 12 aromatic carbocycles. The molecule has 0 unspecified atom stereocenters. The first-order valence-corrected chi connectivity index (χ1v) is 41.9. The lowest BCUT2D eigenvalue weighted by atomic mass is 9.53. The van der Waals surface area contributed by atoms with Crippen LogP contribution < -0.4 is 18.3 Å². The zero-order valence-electron chi connectivity index (χ0n) is 71.9. The van der Waals surface area contributed by atoms with Crippen molar-refractivity contribution in [2.24, 2.45) is 28.2 Å². The molecule has 0 amide bonds. The largest absolute Gasteiger partial charge is 0.212 e. The van der Waals surface area contributed by atoms with Crippen LogP contribution in [0.4, 0.5) is 0 Å². The minimum absolute atomic E-state index is 0.0217. The Morgan fingerprint density at radius 1 is 0.216 bits per heavy atom. The molecular formula is C112H112N4+4. The minimum Gasteiger partial charge on any atom is -0.201 e. The Labute approximate surface area is 689 Å². The first-order valence-electron chi connectivity index (χ1n) is 41.9. The highest BCUT2D eigenvalue weighted by molar-refractivity contribution is 6.03. The molecule has 0 atom stereocenters. The molecule has 4 aliphatic carbocycles. The number of nitrogens with zero attached hydrogens (tertiary/aromatic N) is 4. The number of hydrogen-bond donors (Lipinski definition) is 0. The molecule has 0 bridgehead atoms. The molecule has 0 spiro atoms. The highest BCUT2D eigenvalue weighted by atomic mass is 14.9. The van der Waals surface area contributed by atoms with Gasteiger partial charge in [-0.3, -0.25) is 0 Å². The standard InChI is InChI=1S/3C29H30N.C25H22N/c1-19-14-16-23-22-17-15-20-11-7-8-12-21(20)26(22)28(2,3)29(4,5)27(23)25(19)24-13-9-10-18-30(24)6;1-19-17-25-23(18-22(19)26-13-9-10-16-30(26)6)27-21-12-8-7-11-20(21)14-15-24(27)28(2,3)29(25,4)5;1-19-15-25-24(18-22(19)27-13-9-10-14-30(27)6)23-16-20-11-7-8-12-21(20)17-26(23)29(4,5)28(25,2)3;1-17-10-12-22-21-13-11-18-7-3-4-8-19(18)20(21)14-15-23(22)25(17)24-9-5-6-16-26(24)2/h3*7-18H,1-6H3;3-13,16H,14-15H2,1-2H3/q4*+1. The fourth-order valence-electron chi connectivity index (χ4n) is 20.5. The number of rotatable bonds is 4. The molecule has 0 N–H and O–H groups in total. The van der Waals surface area contributed by atoms with Gasteiger partial charge in [-0.25, -0.2) is 18.3 Å². The van der Waals surface area contributed by atoms with Crippen LogP contribution in [0.5, 0.6) is 0 Å². The van der Waals surface area contributed by atoms with Crippen molar-refractivity contribution < 1.29 is 18.3 Å². The van der Waals surface area contributed by atoms with Gasteiger partial charge in [-0.05, 0) is 265 Å². The second-order valence-electron chi connectivity index (χ2n) is 36.9. The van der Waals surface area contributed by atoms with Crippen LogP contribution in [0, 0.1) is 27.7 Å². The normalized spacial score (nSPS) is 15.4. The van der Waals surface area contributed by atoms with Gasteiger partial charge in [0, 0.05) is 70.5 Å². The van der Waals surface area contributed by atoms with E-state index in [9.17, 15) is 0 Å². The van der Waals surface area contributed by atoms with E-state index in [0.717, 1.165) is 12.8 Å². The summed E-state index contributed by atoms with van der Waals surface area (Å²) in [4.78, 5) is 0. The molecule has 0 saturated carbocycles. The lowest BCUT2D eigenvalue weighted by Crippen LogP contribution is -2.44. The molecule has 4 nitrogen and oxygen atoms in total. The number of aryl methyl sites for hydroxylation is 9. The van der Waals surface area contributed by atoms with E-state index < -0.39 is 0 Å². The second kappa shape index (κ2) is 28.6. The number of pyridine rings is 4. The smallest absolute Gasteiger partial charge is 0.201 e. The molecule has 16 aromatic rings. The Morgan fingerprint density at radius 3 is 1.12 bits per heavy atom. The van der Waals surface area contributed by atoms with Crippen molar-refractivity contribution >= 4 is 43.1 Å². The lowest BCUT2D eigenvalue weighted by Gasteiger charge is -2.49. The van der Waals surface area contributed by atoms with Crippen LogP contribution in [0.3, 0.4) is 0 Å². The van der Waals surface area contributed by atoms with Crippen molar-refractivity contribution in [1.82, 2.24) is 0 Å². The maximum Gasteiger partial charge on any atom is 0.212 e. The minimum atomic E-state index is -0.0380. The van der Waals surface area contributed by atoms with E-state index in [1.807, 2.05) is 0 Å². The van der Waals surface area contributed by atoms with Crippen LogP contribution >= 0.6 is 0 Å². The third kappa shape index (κ3) is 12.2. The zero-order chi connectivity index (χ0) is 81.4. The Bertz CT molecular complexity index is 6660. The Kier molecular flexibility index (Phi) is 19.0. The van der Waals surface area contributed by atoms with E-state index in [1.165, 1.54) is 199 Å². The number of benzene rings is 12. The summed E-state index contributed by atoms with van der Waals surface area (Å²) >= 11 is 0. The first kappa shape index (κ1) is 76.9. The highest BCUT2D eigenvalue weighted by Gasteiger charge is 2.51. The van der Waals surface area contributed by atoms with E-state index in [-0.39, 0.29) is 32.5 Å². The molecule has 0 radical (unpaired) electrons. The monoisotopic (exact) mass is 1510 g/mol. The molecule has 4 heterocycles. The third-order valence-corrected chi connectivity index (χ3v) is 29.1. The fourth-order valence-corrected chi connectivity index (χ4v) is 20.5. The summed E-state index contributed by atoms with van der Waals surface area (Å²) in [7, 11) is 8.54. The Balaban J connectivity index is 0.000000111. The lowest BCUT2D eigenvalue weighted by molar-refractivity contribution is -0.660. The van der Waals surface area contributed by atoms with Crippen LogP contribution in [-0.2, 0) is 73.5 Å². The SMILES string of the molecule is Cc1cc2c(cc1-c1cccc[n+]1C)-c1c(ccc3ccccc13)C(C)(C)C2(C)C.Cc1cc2c(cc1-c1cccc[n+]1C)-c1cc3ccccc3cc1C(C)(C)C2(C)C.Cc1ccc2c(c1-c1cccc[n+]1C)C(C)(C)C(C)(C)c1c-2ccc2ccccc12.Cc1ccc2c(c1-c1cccc[n+]1C)CCc1c-2ccc2ccccc12. The van der Waals surface area contributed by atoms with Gasteiger partial charge in [0.2, 0.25) is 22.8 Å². The van der Waals surface area contributed by atoms with E-state index in [0.29, 0.717) is 0 Å². The van der Waals surface area contributed by atoms with Crippen molar-refractivity contribution in [3.63, 3.8) is 0 Å². The highest BCUT2D eigenvalue weighted by Crippen LogP contribution is 2.61. The first-order chi connectivity index (χ1) is 55.4. The van der Waals surface area contributed by atoms with Crippen molar-refractivity contribution in [3.05, 3.63) is 358 Å². The summed E-state index contributed by atoms with van der Waals surface area (Å²) in [5, 5.41) is 10.8. The summed E-state index contributed by atoms with van der Waals surface area (Å²) < 4.78 is 8.92. The van der Waals surface area contributed by atoms with Gasteiger partial charge < -0.3 is 0 Å². The second-order valence-corrected chi connectivity index (χ2v) is 36.9. The molecule has 4 heteroatoms. The van der Waals surface area contributed by atoms with E-state index in [4.69, 9.17) is 0 Å². The van der Waals surface area contributed by atoms with Crippen LogP contribution in [-0.4, -0.2) is 0 Å². The number of hydrogen-bond acceptors (Lipinski definition) is 0. The molecular weight excluding hydrogens is 1400 g/mol. The van der Waals surface area contributed by atoms with Gasteiger partial charge in [0.05, 0.1) is 11.1 Å². The van der Waals surface area contributed by atoms with E-state index in [1.54, 1.807) is 0 Å². The Morgan fingerprint density at radius 2 is 0.569 bits per heavy atom. The molecule has 20 rings (SSSR count). The maximum atomic E-state index is 2.45. The van der Waals surface area contributed by atoms with E-state index in [2.05, 4.69) is 449 Å². The van der Waals surface area contributed by atoms with E-state index >= 15 is 0 Å². The summed E-state index contributed by atoms with van der Waals surface area (Å²) in [6, 6.07) is 98.8. The van der Waals surface area contributed by atoms with Gasteiger partial charge in [-0.15, -0.1) is 0 Å². The number of fused-ring (bicyclic) bond motifs is 19. The summed E-state index contributed by atoms with van der Waals surface area (Å²) in [6.45, 7) is 38.0. The van der Waals surface area contributed by atoms with Gasteiger partial charge >= 0.3 is 0 Å².